The molecule has 1 rings (SSSR count). The van der Waals surface area contributed by atoms with Crippen LogP contribution in [0.15, 0.2) is 30.3 Å². The predicted octanol–water partition coefficient (Wildman–Crippen LogP) is 1.78. The van der Waals surface area contributed by atoms with Crippen molar-refractivity contribution < 1.29 is 20.4 Å². The summed E-state index contributed by atoms with van der Waals surface area (Å²) in [5.41, 5.74) is 0. The van der Waals surface area contributed by atoms with Crippen molar-refractivity contribution in [3.8, 4) is 0 Å². The molecule has 0 aliphatic carbocycles. The van der Waals surface area contributed by atoms with E-state index >= 15 is 0 Å². The van der Waals surface area contributed by atoms with Crippen LogP contribution in [0, 0.1) is 0 Å². The fourth-order valence-electron chi connectivity index (χ4n) is 0.771. The van der Waals surface area contributed by atoms with Gasteiger partial charge in [-0.15, -0.1) is 0 Å². The Bertz CT molecular complexity index is 172. The first-order valence-corrected chi connectivity index (χ1v) is 5.66. The SMILES string of the molecule is C[PH+](C)c1ccccc1.[Pd]. The number of hydrogen-bond donors (Lipinski definition) is 0. The topological polar surface area (TPSA) is 0 Å². The molecular formula is C8H12PPd+. The van der Waals surface area contributed by atoms with Crippen LogP contribution in [0.3, 0.4) is 0 Å². The van der Waals surface area contributed by atoms with Crippen molar-refractivity contribution in [2.24, 2.45) is 0 Å². The van der Waals surface area contributed by atoms with E-state index in [1.807, 2.05) is 0 Å². The molecule has 0 aromatic heterocycles. The Kier molecular flexibility index (Phi) is 5.19. The number of hydrogen-bond acceptors (Lipinski definition) is 0. The molecule has 0 bridgehead atoms. The Morgan fingerprint density at radius 1 is 1.00 bits per heavy atom. The third-order valence-corrected chi connectivity index (χ3v) is 2.84. The summed E-state index contributed by atoms with van der Waals surface area (Å²) in [5, 5.41) is 1.52. The molecule has 0 nitrogen and oxygen atoms in total. The van der Waals surface area contributed by atoms with Crippen LogP contribution in [0.2, 0.25) is 0 Å². The maximum Gasteiger partial charge on any atom is 0.0908 e. The predicted molar refractivity (Wildman–Crippen MR) is 46.2 cm³/mol. The zero-order valence-corrected chi connectivity index (χ0v) is 8.76. The van der Waals surface area contributed by atoms with Crippen molar-refractivity contribution in [2.45, 2.75) is 0 Å². The van der Waals surface area contributed by atoms with Gasteiger partial charge in [-0.2, -0.15) is 0 Å². The molecule has 1 aromatic rings. The van der Waals surface area contributed by atoms with Gasteiger partial charge in [-0.3, -0.25) is 0 Å². The van der Waals surface area contributed by atoms with Crippen LogP contribution in [-0.4, -0.2) is 13.3 Å². The standard InChI is InChI=1S/C8H11P.Pd/c1-9(2)8-6-4-3-5-7-8;/h3-7H,1-2H3;/p+1. The second-order valence-corrected chi connectivity index (χ2v) is 4.94. The van der Waals surface area contributed by atoms with Crippen LogP contribution in [0.25, 0.3) is 0 Å². The van der Waals surface area contributed by atoms with Crippen molar-refractivity contribution in [3.05, 3.63) is 30.3 Å². The van der Waals surface area contributed by atoms with Crippen LogP contribution in [0.4, 0.5) is 0 Å². The Labute approximate surface area is 77.4 Å². The van der Waals surface area contributed by atoms with Gasteiger partial charge in [0.15, 0.2) is 0 Å². The van der Waals surface area contributed by atoms with Crippen molar-refractivity contribution in [2.75, 3.05) is 13.3 Å². The van der Waals surface area contributed by atoms with E-state index in [-0.39, 0.29) is 28.3 Å². The summed E-state index contributed by atoms with van der Waals surface area (Å²) in [6.07, 6.45) is 0. The van der Waals surface area contributed by atoms with Gasteiger partial charge in [0.05, 0.1) is 18.6 Å². The van der Waals surface area contributed by atoms with E-state index in [2.05, 4.69) is 43.7 Å². The Balaban J connectivity index is 0.000000810. The van der Waals surface area contributed by atoms with Gasteiger partial charge < -0.3 is 0 Å². The largest absolute Gasteiger partial charge is 0.0908 e. The van der Waals surface area contributed by atoms with Gasteiger partial charge in [-0.05, 0) is 12.1 Å². The van der Waals surface area contributed by atoms with Crippen LogP contribution >= 0.6 is 7.92 Å². The third kappa shape index (κ3) is 2.93. The van der Waals surface area contributed by atoms with E-state index in [1.165, 1.54) is 5.30 Å². The first-order valence-electron chi connectivity index (χ1n) is 3.16. The quantitative estimate of drug-likeness (QED) is 0.523. The van der Waals surface area contributed by atoms with Crippen LogP contribution in [0.1, 0.15) is 0 Å². The third-order valence-electron chi connectivity index (χ3n) is 1.35. The average Bonchev–Trinajstić information content (AvgIpc) is 1.90. The average molecular weight is 246 g/mol. The van der Waals surface area contributed by atoms with Crippen molar-refractivity contribution >= 4 is 13.2 Å². The summed E-state index contributed by atoms with van der Waals surface area (Å²) >= 11 is 0. The maximum atomic E-state index is 2.31. The molecule has 0 heterocycles. The summed E-state index contributed by atoms with van der Waals surface area (Å²) in [7, 11) is -0.212. The van der Waals surface area contributed by atoms with E-state index in [1.54, 1.807) is 0 Å². The van der Waals surface area contributed by atoms with Gasteiger partial charge in [0.1, 0.15) is 0 Å². The van der Waals surface area contributed by atoms with Crippen molar-refractivity contribution in [1.29, 1.82) is 0 Å². The van der Waals surface area contributed by atoms with Gasteiger partial charge in [0.25, 0.3) is 0 Å². The smallest absolute Gasteiger partial charge is 0.0620 e. The molecule has 10 heavy (non-hydrogen) atoms. The van der Waals surface area contributed by atoms with E-state index in [9.17, 15) is 0 Å². The molecule has 0 amide bonds. The van der Waals surface area contributed by atoms with Gasteiger partial charge >= 0.3 is 0 Å². The summed E-state index contributed by atoms with van der Waals surface area (Å²) in [6.45, 7) is 4.61. The normalized spacial score (nSPS) is 9.10. The minimum absolute atomic E-state index is 0. The number of rotatable bonds is 1. The summed E-state index contributed by atoms with van der Waals surface area (Å²) in [4.78, 5) is 0. The second-order valence-electron chi connectivity index (χ2n) is 2.37. The van der Waals surface area contributed by atoms with E-state index in [0.29, 0.717) is 0 Å². The van der Waals surface area contributed by atoms with Crippen LogP contribution in [-0.2, 0) is 20.4 Å². The first kappa shape index (κ1) is 10.3. The minimum Gasteiger partial charge on any atom is -0.0620 e. The number of benzene rings is 1. The Morgan fingerprint density at radius 3 is 1.80 bits per heavy atom. The molecule has 58 valence electrons. The molecule has 0 aliphatic rings. The first-order chi connectivity index (χ1) is 4.30. The van der Waals surface area contributed by atoms with Gasteiger partial charge in [-0.1, -0.05) is 18.2 Å². The van der Waals surface area contributed by atoms with E-state index in [0.717, 1.165) is 0 Å². The molecule has 0 saturated carbocycles. The molecule has 0 spiro atoms. The minimum atomic E-state index is -0.212. The molecule has 1 aromatic carbocycles. The molecule has 0 unspecified atom stereocenters. The van der Waals surface area contributed by atoms with Gasteiger partial charge in [-0.25, -0.2) is 0 Å². The Hall–Kier alpha value is 0.312. The molecule has 0 aliphatic heterocycles. The van der Waals surface area contributed by atoms with E-state index < -0.39 is 0 Å². The van der Waals surface area contributed by atoms with E-state index in [4.69, 9.17) is 0 Å². The van der Waals surface area contributed by atoms with Crippen LogP contribution in [0.5, 0.6) is 0 Å². The molecular weight excluding hydrogens is 233 g/mol. The zero-order chi connectivity index (χ0) is 6.69. The maximum absolute atomic E-state index is 2.31. The Morgan fingerprint density at radius 2 is 1.50 bits per heavy atom. The van der Waals surface area contributed by atoms with Crippen LogP contribution < -0.4 is 5.30 Å². The second kappa shape index (κ2) is 5.03. The summed E-state index contributed by atoms with van der Waals surface area (Å²) < 4.78 is 0. The van der Waals surface area contributed by atoms with Gasteiger partial charge in [0.2, 0.25) is 0 Å². The molecule has 0 fully saturated rings. The molecule has 0 radical (unpaired) electrons. The zero-order valence-electron chi connectivity index (χ0n) is 6.20. The fraction of sp³-hybridized carbons (Fsp3) is 0.250. The van der Waals surface area contributed by atoms with Crippen molar-refractivity contribution in [1.82, 2.24) is 0 Å². The molecule has 0 atom stereocenters. The summed E-state index contributed by atoms with van der Waals surface area (Å²) in [5.74, 6) is 0. The summed E-state index contributed by atoms with van der Waals surface area (Å²) in [6, 6.07) is 10.7. The fourth-order valence-corrected chi connectivity index (χ4v) is 1.63. The van der Waals surface area contributed by atoms with Crippen molar-refractivity contribution in [3.63, 3.8) is 0 Å². The molecule has 2 heteroatoms. The monoisotopic (exact) mass is 245 g/mol. The molecule has 0 N–H and O–H groups in total. The molecule has 0 saturated heterocycles. The van der Waals surface area contributed by atoms with Gasteiger partial charge in [0, 0.05) is 28.3 Å².